The number of aliphatic hydroxyl groups is 1. The van der Waals surface area contributed by atoms with Crippen LogP contribution < -0.4 is 4.74 Å². The van der Waals surface area contributed by atoms with Crippen molar-refractivity contribution >= 4 is 0 Å². The SMILES string of the molecule is C=C(C)COc1ccccc1[C@@H](C)O. The van der Waals surface area contributed by atoms with E-state index in [-0.39, 0.29) is 0 Å². The average molecular weight is 192 g/mol. The van der Waals surface area contributed by atoms with Crippen LogP contribution in [0.25, 0.3) is 0 Å². The fourth-order valence-electron chi connectivity index (χ4n) is 1.16. The quantitative estimate of drug-likeness (QED) is 0.743. The highest BCUT2D eigenvalue weighted by Gasteiger charge is 2.07. The standard InChI is InChI=1S/C12H16O2/c1-9(2)8-14-12-7-5-4-6-11(12)10(3)13/h4-7,10,13H,1,8H2,2-3H3/t10-/m1/s1. The Morgan fingerprint density at radius 3 is 2.71 bits per heavy atom. The Bertz CT molecular complexity index is 316. The van der Waals surface area contributed by atoms with Gasteiger partial charge in [-0.25, -0.2) is 0 Å². The molecule has 0 aliphatic heterocycles. The topological polar surface area (TPSA) is 29.5 Å². The summed E-state index contributed by atoms with van der Waals surface area (Å²) in [6.07, 6.45) is -0.503. The summed E-state index contributed by atoms with van der Waals surface area (Å²) in [6, 6.07) is 7.48. The zero-order valence-corrected chi connectivity index (χ0v) is 8.66. The molecular formula is C12H16O2. The molecule has 76 valence electrons. The average Bonchev–Trinajstić information content (AvgIpc) is 2.15. The van der Waals surface area contributed by atoms with Gasteiger partial charge in [0, 0.05) is 5.56 Å². The van der Waals surface area contributed by atoms with E-state index in [1.54, 1.807) is 6.92 Å². The summed E-state index contributed by atoms with van der Waals surface area (Å²) in [5, 5.41) is 9.47. The molecule has 0 aromatic heterocycles. The Balaban J connectivity index is 2.79. The molecule has 0 amide bonds. The molecule has 0 spiro atoms. The molecule has 2 nitrogen and oxygen atoms in total. The highest BCUT2D eigenvalue weighted by Crippen LogP contribution is 2.24. The number of hydrogen-bond donors (Lipinski definition) is 1. The summed E-state index contributed by atoms with van der Waals surface area (Å²) >= 11 is 0. The normalized spacial score (nSPS) is 12.2. The molecule has 1 rings (SSSR count). The monoisotopic (exact) mass is 192 g/mol. The highest BCUT2D eigenvalue weighted by molar-refractivity contribution is 5.34. The van der Waals surface area contributed by atoms with Crippen molar-refractivity contribution in [2.75, 3.05) is 6.61 Å². The van der Waals surface area contributed by atoms with Gasteiger partial charge in [-0.3, -0.25) is 0 Å². The van der Waals surface area contributed by atoms with E-state index in [0.29, 0.717) is 6.61 Å². The van der Waals surface area contributed by atoms with Crippen molar-refractivity contribution in [3.05, 3.63) is 42.0 Å². The van der Waals surface area contributed by atoms with Crippen LogP contribution in [0, 0.1) is 0 Å². The molecule has 0 bridgehead atoms. The second kappa shape index (κ2) is 4.82. The maximum Gasteiger partial charge on any atom is 0.125 e. The van der Waals surface area contributed by atoms with Gasteiger partial charge in [0.1, 0.15) is 12.4 Å². The predicted octanol–water partition coefficient (Wildman–Crippen LogP) is 2.69. The molecule has 1 aromatic rings. The van der Waals surface area contributed by atoms with Crippen molar-refractivity contribution in [2.45, 2.75) is 20.0 Å². The van der Waals surface area contributed by atoms with Crippen LogP contribution in [0.15, 0.2) is 36.4 Å². The molecule has 1 N–H and O–H groups in total. The van der Waals surface area contributed by atoms with E-state index in [2.05, 4.69) is 6.58 Å². The minimum Gasteiger partial charge on any atom is -0.489 e. The van der Waals surface area contributed by atoms with Crippen LogP contribution >= 0.6 is 0 Å². The van der Waals surface area contributed by atoms with Gasteiger partial charge in [0.05, 0.1) is 6.10 Å². The molecule has 0 radical (unpaired) electrons. The summed E-state index contributed by atoms with van der Waals surface area (Å²) in [7, 11) is 0. The molecular weight excluding hydrogens is 176 g/mol. The first kappa shape index (κ1) is 10.8. The van der Waals surface area contributed by atoms with Crippen molar-refractivity contribution in [3.8, 4) is 5.75 Å². The van der Waals surface area contributed by atoms with Gasteiger partial charge in [0.15, 0.2) is 0 Å². The molecule has 0 saturated carbocycles. The number of rotatable bonds is 4. The Hall–Kier alpha value is -1.28. The van der Waals surface area contributed by atoms with E-state index in [4.69, 9.17) is 4.74 Å². The van der Waals surface area contributed by atoms with Gasteiger partial charge in [-0.05, 0) is 25.5 Å². The zero-order chi connectivity index (χ0) is 10.6. The lowest BCUT2D eigenvalue weighted by molar-refractivity contribution is 0.192. The Morgan fingerprint density at radius 2 is 2.14 bits per heavy atom. The number of hydrogen-bond acceptors (Lipinski definition) is 2. The Labute approximate surface area is 84.8 Å². The number of ether oxygens (including phenoxy) is 1. The lowest BCUT2D eigenvalue weighted by Crippen LogP contribution is -2.02. The third-order valence-electron chi connectivity index (χ3n) is 1.84. The summed E-state index contributed by atoms with van der Waals surface area (Å²) in [5.74, 6) is 0.727. The number of aliphatic hydroxyl groups excluding tert-OH is 1. The molecule has 0 saturated heterocycles. The zero-order valence-electron chi connectivity index (χ0n) is 8.66. The van der Waals surface area contributed by atoms with Gasteiger partial charge < -0.3 is 9.84 Å². The van der Waals surface area contributed by atoms with E-state index >= 15 is 0 Å². The largest absolute Gasteiger partial charge is 0.489 e. The highest BCUT2D eigenvalue weighted by atomic mass is 16.5. The van der Waals surface area contributed by atoms with Crippen LogP contribution in [0.1, 0.15) is 25.5 Å². The van der Waals surface area contributed by atoms with E-state index < -0.39 is 6.10 Å². The first-order valence-corrected chi connectivity index (χ1v) is 4.65. The Kier molecular flexibility index (Phi) is 3.72. The third-order valence-corrected chi connectivity index (χ3v) is 1.84. The number of benzene rings is 1. The lowest BCUT2D eigenvalue weighted by atomic mass is 10.1. The maximum atomic E-state index is 9.47. The van der Waals surface area contributed by atoms with E-state index in [0.717, 1.165) is 16.9 Å². The Morgan fingerprint density at radius 1 is 1.50 bits per heavy atom. The summed E-state index contributed by atoms with van der Waals surface area (Å²) in [4.78, 5) is 0. The van der Waals surface area contributed by atoms with Gasteiger partial charge in [-0.1, -0.05) is 24.8 Å². The fraction of sp³-hybridized carbons (Fsp3) is 0.333. The molecule has 0 fully saturated rings. The third kappa shape index (κ3) is 2.89. The summed E-state index contributed by atoms with van der Waals surface area (Å²) in [6.45, 7) is 7.88. The van der Waals surface area contributed by atoms with Crippen molar-refractivity contribution < 1.29 is 9.84 Å². The van der Waals surface area contributed by atoms with Crippen LogP contribution in [-0.2, 0) is 0 Å². The molecule has 2 heteroatoms. The molecule has 0 aliphatic carbocycles. The van der Waals surface area contributed by atoms with E-state index in [9.17, 15) is 5.11 Å². The van der Waals surface area contributed by atoms with Crippen LogP contribution in [0.2, 0.25) is 0 Å². The fourth-order valence-corrected chi connectivity index (χ4v) is 1.16. The van der Waals surface area contributed by atoms with Gasteiger partial charge in [-0.2, -0.15) is 0 Å². The molecule has 0 heterocycles. The van der Waals surface area contributed by atoms with E-state index in [1.807, 2.05) is 31.2 Å². The second-order valence-corrected chi connectivity index (χ2v) is 3.46. The van der Waals surface area contributed by atoms with Crippen LogP contribution in [-0.4, -0.2) is 11.7 Å². The molecule has 0 aliphatic rings. The lowest BCUT2D eigenvalue weighted by Gasteiger charge is -2.12. The molecule has 0 unspecified atom stereocenters. The second-order valence-electron chi connectivity index (χ2n) is 3.46. The van der Waals surface area contributed by atoms with Crippen molar-refractivity contribution in [3.63, 3.8) is 0 Å². The smallest absolute Gasteiger partial charge is 0.125 e. The summed E-state index contributed by atoms with van der Waals surface area (Å²) < 4.78 is 5.50. The minimum atomic E-state index is -0.503. The van der Waals surface area contributed by atoms with Crippen molar-refractivity contribution in [1.82, 2.24) is 0 Å². The molecule has 1 atom stereocenters. The van der Waals surface area contributed by atoms with Crippen LogP contribution in [0.5, 0.6) is 5.75 Å². The minimum absolute atomic E-state index is 0.490. The first-order chi connectivity index (χ1) is 6.61. The molecule has 1 aromatic carbocycles. The van der Waals surface area contributed by atoms with Gasteiger partial charge >= 0.3 is 0 Å². The number of para-hydroxylation sites is 1. The van der Waals surface area contributed by atoms with Crippen molar-refractivity contribution in [1.29, 1.82) is 0 Å². The van der Waals surface area contributed by atoms with E-state index in [1.165, 1.54) is 0 Å². The van der Waals surface area contributed by atoms with Crippen LogP contribution in [0.4, 0.5) is 0 Å². The van der Waals surface area contributed by atoms with Gasteiger partial charge in [-0.15, -0.1) is 0 Å². The summed E-state index contributed by atoms with van der Waals surface area (Å²) in [5.41, 5.74) is 1.78. The van der Waals surface area contributed by atoms with Gasteiger partial charge in [0.25, 0.3) is 0 Å². The van der Waals surface area contributed by atoms with Crippen LogP contribution in [0.3, 0.4) is 0 Å². The molecule has 14 heavy (non-hydrogen) atoms. The van der Waals surface area contributed by atoms with Crippen molar-refractivity contribution in [2.24, 2.45) is 0 Å². The maximum absolute atomic E-state index is 9.47. The predicted molar refractivity (Wildman–Crippen MR) is 57.4 cm³/mol. The van der Waals surface area contributed by atoms with Gasteiger partial charge in [0.2, 0.25) is 0 Å². The first-order valence-electron chi connectivity index (χ1n) is 4.65.